The summed E-state index contributed by atoms with van der Waals surface area (Å²) >= 11 is 1.16. The lowest BCUT2D eigenvalue weighted by Crippen LogP contribution is -2.07. The third-order valence-corrected chi connectivity index (χ3v) is 2.83. The normalized spacial score (nSPS) is 10.4. The Labute approximate surface area is 104 Å². The number of aromatic carboxylic acids is 1. The van der Waals surface area contributed by atoms with Crippen LogP contribution in [0.3, 0.4) is 0 Å². The molecule has 0 spiro atoms. The SMILES string of the molecule is COCCOCCCOc1ccsc1C(=O)O. The van der Waals surface area contributed by atoms with Crippen LogP contribution in [-0.4, -0.2) is 44.6 Å². The van der Waals surface area contributed by atoms with Crippen molar-refractivity contribution in [1.29, 1.82) is 0 Å². The van der Waals surface area contributed by atoms with Gasteiger partial charge in [-0.15, -0.1) is 11.3 Å². The summed E-state index contributed by atoms with van der Waals surface area (Å²) < 4.78 is 15.4. The molecule has 1 rings (SSSR count). The first kappa shape index (κ1) is 14.0. The predicted octanol–water partition coefficient (Wildman–Crippen LogP) is 1.88. The monoisotopic (exact) mass is 260 g/mol. The highest BCUT2D eigenvalue weighted by Gasteiger charge is 2.12. The molecule has 0 atom stereocenters. The fraction of sp³-hybridized carbons (Fsp3) is 0.545. The predicted molar refractivity (Wildman–Crippen MR) is 64.1 cm³/mol. The van der Waals surface area contributed by atoms with Gasteiger partial charge in [-0.2, -0.15) is 0 Å². The van der Waals surface area contributed by atoms with Gasteiger partial charge < -0.3 is 19.3 Å². The maximum absolute atomic E-state index is 10.8. The largest absolute Gasteiger partial charge is 0.492 e. The molecule has 1 heterocycles. The number of thiophene rings is 1. The summed E-state index contributed by atoms with van der Waals surface area (Å²) in [6.45, 7) is 2.17. The maximum Gasteiger partial charge on any atom is 0.349 e. The van der Waals surface area contributed by atoms with E-state index >= 15 is 0 Å². The topological polar surface area (TPSA) is 65.0 Å². The van der Waals surface area contributed by atoms with Crippen molar-refractivity contribution < 1.29 is 24.1 Å². The first-order valence-corrected chi connectivity index (χ1v) is 6.14. The minimum Gasteiger partial charge on any atom is -0.492 e. The number of carbonyl (C=O) groups is 1. The lowest BCUT2D eigenvalue weighted by molar-refractivity contribution is 0.0639. The fourth-order valence-corrected chi connectivity index (χ4v) is 1.83. The van der Waals surface area contributed by atoms with E-state index in [1.54, 1.807) is 18.6 Å². The van der Waals surface area contributed by atoms with E-state index in [0.717, 1.165) is 17.8 Å². The van der Waals surface area contributed by atoms with Crippen LogP contribution in [0.5, 0.6) is 5.75 Å². The zero-order valence-electron chi connectivity index (χ0n) is 9.68. The van der Waals surface area contributed by atoms with E-state index in [2.05, 4.69) is 0 Å². The van der Waals surface area contributed by atoms with E-state index in [0.29, 0.717) is 32.2 Å². The van der Waals surface area contributed by atoms with Crippen molar-refractivity contribution in [3.05, 3.63) is 16.3 Å². The van der Waals surface area contributed by atoms with Crippen molar-refractivity contribution >= 4 is 17.3 Å². The molecule has 0 amide bonds. The van der Waals surface area contributed by atoms with Crippen LogP contribution < -0.4 is 4.74 Å². The molecule has 0 aromatic carbocycles. The summed E-state index contributed by atoms with van der Waals surface area (Å²) in [5.74, 6) is -0.522. The minimum absolute atomic E-state index is 0.241. The third kappa shape index (κ3) is 5.16. The first-order valence-electron chi connectivity index (χ1n) is 5.26. The molecule has 0 aliphatic carbocycles. The van der Waals surface area contributed by atoms with Crippen molar-refractivity contribution in [3.8, 4) is 5.75 Å². The second kappa shape index (κ2) is 8.05. The molecule has 0 bridgehead atoms. The van der Waals surface area contributed by atoms with Gasteiger partial charge in [-0.05, 0) is 11.4 Å². The van der Waals surface area contributed by atoms with Gasteiger partial charge in [0.05, 0.1) is 19.8 Å². The average molecular weight is 260 g/mol. The lowest BCUT2D eigenvalue weighted by Gasteiger charge is -2.06. The number of hydrogen-bond donors (Lipinski definition) is 1. The van der Waals surface area contributed by atoms with Crippen LogP contribution in [-0.2, 0) is 9.47 Å². The lowest BCUT2D eigenvalue weighted by atomic mass is 10.4. The molecule has 0 unspecified atom stereocenters. The minimum atomic E-state index is -0.952. The molecule has 17 heavy (non-hydrogen) atoms. The molecule has 96 valence electrons. The molecule has 5 nitrogen and oxygen atoms in total. The van der Waals surface area contributed by atoms with Gasteiger partial charge in [0.1, 0.15) is 5.75 Å². The van der Waals surface area contributed by atoms with Crippen molar-refractivity contribution in [1.82, 2.24) is 0 Å². The Morgan fingerprint density at radius 2 is 2.18 bits per heavy atom. The van der Waals surface area contributed by atoms with E-state index in [4.69, 9.17) is 19.3 Å². The zero-order valence-corrected chi connectivity index (χ0v) is 10.5. The molecule has 0 aliphatic heterocycles. The summed E-state index contributed by atoms with van der Waals surface area (Å²) in [6, 6.07) is 1.67. The Kier molecular flexibility index (Phi) is 6.61. The van der Waals surface area contributed by atoms with Crippen molar-refractivity contribution in [2.24, 2.45) is 0 Å². The van der Waals surface area contributed by atoms with Crippen LogP contribution in [0.4, 0.5) is 0 Å². The van der Waals surface area contributed by atoms with Crippen LogP contribution in [0, 0.1) is 0 Å². The molecule has 1 aromatic rings. The van der Waals surface area contributed by atoms with E-state index in [1.807, 2.05) is 0 Å². The number of carboxylic acid groups (broad SMARTS) is 1. The molecule has 0 radical (unpaired) electrons. The third-order valence-electron chi connectivity index (χ3n) is 1.95. The Morgan fingerprint density at radius 3 is 2.88 bits per heavy atom. The second-order valence-corrected chi connectivity index (χ2v) is 4.14. The summed E-state index contributed by atoms with van der Waals surface area (Å²) in [6.07, 6.45) is 0.721. The standard InChI is InChI=1S/C11H16O5S/c1-14-6-7-15-4-2-5-16-9-3-8-17-10(9)11(12)13/h3,8H,2,4-7H2,1H3,(H,12,13). The van der Waals surface area contributed by atoms with Gasteiger partial charge in [-0.1, -0.05) is 0 Å². The first-order chi connectivity index (χ1) is 8.25. The van der Waals surface area contributed by atoms with Crippen LogP contribution in [0.1, 0.15) is 16.1 Å². The fourth-order valence-electron chi connectivity index (χ4n) is 1.15. The van der Waals surface area contributed by atoms with Crippen LogP contribution in [0.2, 0.25) is 0 Å². The van der Waals surface area contributed by atoms with Gasteiger partial charge in [0.25, 0.3) is 0 Å². The number of hydrogen-bond acceptors (Lipinski definition) is 5. The highest BCUT2D eigenvalue weighted by atomic mass is 32.1. The van der Waals surface area contributed by atoms with Gasteiger partial charge in [0.15, 0.2) is 4.88 Å². The molecule has 6 heteroatoms. The second-order valence-electron chi connectivity index (χ2n) is 3.23. The number of methoxy groups -OCH3 is 1. The highest BCUT2D eigenvalue weighted by molar-refractivity contribution is 7.12. The summed E-state index contributed by atoms with van der Waals surface area (Å²) in [5.41, 5.74) is 0. The molecule has 0 saturated heterocycles. The van der Waals surface area contributed by atoms with E-state index in [9.17, 15) is 4.79 Å². The van der Waals surface area contributed by atoms with Crippen LogP contribution in [0.15, 0.2) is 11.4 Å². The summed E-state index contributed by atoms with van der Waals surface area (Å²) in [4.78, 5) is 11.0. The van der Waals surface area contributed by atoms with Crippen molar-refractivity contribution in [3.63, 3.8) is 0 Å². The molecule has 0 saturated carbocycles. The average Bonchev–Trinajstić information content (AvgIpc) is 2.76. The Bertz CT molecular complexity index is 336. The highest BCUT2D eigenvalue weighted by Crippen LogP contribution is 2.24. The molecular formula is C11H16O5S. The van der Waals surface area contributed by atoms with Gasteiger partial charge in [0, 0.05) is 20.1 Å². The zero-order chi connectivity index (χ0) is 12.5. The van der Waals surface area contributed by atoms with Gasteiger partial charge in [0.2, 0.25) is 0 Å². The molecule has 1 aromatic heterocycles. The van der Waals surface area contributed by atoms with Crippen LogP contribution in [0.25, 0.3) is 0 Å². The Balaban J connectivity index is 2.14. The van der Waals surface area contributed by atoms with Crippen molar-refractivity contribution in [2.75, 3.05) is 33.5 Å². The van der Waals surface area contributed by atoms with Gasteiger partial charge >= 0.3 is 5.97 Å². The van der Waals surface area contributed by atoms with Gasteiger partial charge in [-0.25, -0.2) is 4.79 Å². The van der Waals surface area contributed by atoms with E-state index in [-0.39, 0.29) is 4.88 Å². The Hall–Kier alpha value is -1.11. The van der Waals surface area contributed by atoms with Gasteiger partial charge in [-0.3, -0.25) is 0 Å². The van der Waals surface area contributed by atoms with Crippen LogP contribution >= 0.6 is 11.3 Å². The number of rotatable bonds is 9. The number of carboxylic acids is 1. The van der Waals surface area contributed by atoms with E-state index < -0.39 is 5.97 Å². The molecule has 0 aliphatic rings. The van der Waals surface area contributed by atoms with E-state index in [1.165, 1.54) is 0 Å². The molecule has 1 N–H and O–H groups in total. The Morgan fingerprint density at radius 1 is 1.35 bits per heavy atom. The maximum atomic E-state index is 10.8. The quantitative estimate of drug-likeness (QED) is 0.687. The summed E-state index contributed by atoms with van der Waals surface area (Å²) in [5, 5.41) is 10.5. The number of ether oxygens (including phenoxy) is 3. The van der Waals surface area contributed by atoms with Crippen molar-refractivity contribution in [2.45, 2.75) is 6.42 Å². The molecule has 0 fully saturated rings. The molecular weight excluding hydrogens is 244 g/mol. The summed E-state index contributed by atoms with van der Waals surface area (Å²) in [7, 11) is 1.62. The smallest absolute Gasteiger partial charge is 0.349 e.